The van der Waals surface area contributed by atoms with E-state index in [1.807, 2.05) is 0 Å². The molecule has 0 aromatic rings. The standard InChI is InChI=1S/C15H26O6/c1-17-8-10(18-2)12-11(16)13-15(19-12)21-14(20-13)9-6-4-3-5-7-9/h9-16H,3-8H2,1-2H3. The molecule has 2 heterocycles. The van der Waals surface area contributed by atoms with E-state index in [-0.39, 0.29) is 12.4 Å². The molecule has 6 heteroatoms. The minimum Gasteiger partial charge on any atom is -0.387 e. The number of methoxy groups -OCH3 is 2. The fourth-order valence-electron chi connectivity index (χ4n) is 3.63. The van der Waals surface area contributed by atoms with Crippen LogP contribution in [0, 0.1) is 5.92 Å². The van der Waals surface area contributed by atoms with Gasteiger partial charge in [0.15, 0.2) is 12.6 Å². The summed E-state index contributed by atoms with van der Waals surface area (Å²) in [6, 6.07) is 0. The van der Waals surface area contributed by atoms with Crippen molar-refractivity contribution in [3.05, 3.63) is 0 Å². The molecule has 6 unspecified atom stereocenters. The Balaban J connectivity index is 1.58. The van der Waals surface area contributed by atoms with E-state index in [1.54, 1.807) is 14.2 Å². The van der Waals surface area contributed by atoms with Gasteiger partial charge in [0, 0.05) is 20.1 Å². The SMILES string of the molecule is COCC(OC)C1OC2OC(C3CCCCC3)OC2C1O. The number of fused-ring (bicyclic) bond motifs is 1. The van der Waals surface area contributed by atoms with Crippen LogP contribution in [0.4, 0.5) is 0 Å². The molecular weight excluding hydrogens is 276 g/mol. The Labute approximate surface area is 125 Å². The second-order valence-electron chi connectivity index (χ2n) is 6.19. The fourth-order valence-corrected chi connectivity index (χ4v) is 3.63. The van der Waals surface area contributed by atoms with Gasteiger partial charge in [0.05, 0.1) is 6.61 Å². The third kappa shape index (κ3) is 3.11. The highest BCUT2D eigenvalue weighted by Crippen LogP contribution is 2.39. The zero-order chi connectivity index (χ0) is 14.8. The van der Waals surface area contributed by atoms with E-state index < -0.39 is 24.6 Å². The summed E-state index contributed by atoms with van der Waals surface area (Å²) >= 11 is 0. The zero-order valence-corrected chi connectivity index (χ0v) is 12.8. The number of rotatable bonds is 5. The highest BCUT2D eigenvalue weighted by Gasteiger charge is 2.55. The van der Waals surface area contributed by atoms with E-state index in [4.69, 9.17) is 23.7 Å². The molecular formula is C15H26O6. The van der Waals surface area contributed by atoms with Crippen molar-refractivity contribution >= 4 is 0 Å². The molecule has 1 N–H and O–H groups in total. The number of aliphatic hydroxyl groups is 1. The molecule has 1 saturated carbocycles. The van der Waals surface area contributed by atoms with Crippen molar-refractivity contribution in [1.29, 1.82) is 0 Å². The van der Waals surface area contributed by atoms with Crippen LogP contribution >= 0.6 is 0 Å². The second kappa shape index (κ2) is 6.89. The van der Waals surface area contributed by atoms with Crippen molar-refractivity contribution in [2.45, 2.75) is 69.1 Å². The Bertz CT molecular complexity index is 332. The van der Waals surface area contributed by atoms with E-state index in [1.165, 1.54) is 19.3 Å². The van der Waals surface area contributed by atoms with Crippen LogP contribution in [0.3, 0.4) is 0 Å². The summed E-state index contributed by atoms with van der Waals surface area (Å²) in [4.78, 5) is 0. The van der Waals surface area contributed by atoms with E-state index in [0.717, 1.165) is 12.8 Å². The molecule has 6 atom stereocenters. The normalized spacial score (nSPS) is 42.1. The number of aliphatic hydroxyl groups excluding tert-OH is 1. The molecule has 6 nitrogen and oxygen atoms in total. The Morgan fingerprint density at radius 3 is 2.43 bits per heavy atom. The van der Waals surface area contributed by atoms with Gasteiger partial charge in [-0.05, 0) is 12.8 Å². The van der Waals surface area contributed by atoms with E-state index in [2.05, 4.69) is 0 Å². The first-order chi connectivity index (χ1) is 10.2. The molecule has 2 saturated heterocycles. The van der Waals surface area contributed by atoms with Gasteiger partial charge in [0.2, 0.25) is 0 Å². The van der Waals surface area contributed by atoms with Gasteiger partial charge in [-0.2, -0.15) is 0 Å². The number of hydrogen-bond acceptors (Lipinski definition) is 6. The van der Waals surface area contributed by atoms with Gasteiger partial charge in [-0.25, -0.2) is 0 Å². The molecule has 3 aliphatic rings. The second-order valence-corrected chi connectivity index (χ2v) is 6.19. The van der Waals surface area contributed by atoms with Crippen LogP contribution in [0.15, 0.2) is 0 Å². The lowest BCUT2D eigenvalue weighted by atomic mass is 9.89. The van der Waals surface area contributed by atoms with Crippen molar-refractivity contribution in [1.82, 2.24) is 0 Å². The number of ether oxygens (including phenoxy) is 5. The fraction of sp³-hybridized carbons (Fsp3) is 1.00. The average Bonchev–Trinajstić information content (AvgIpc) is 3.06. The van der Waals surface area contributed by atoms with Crippen molar-refractivity contribution in [3.8, 4) is 0 Å². The monoisotopic (exact) mass is 302 g/mol. The van der Waals surface area contributed by atoms with Crippen LogP contribution in [0.2, 0.25) is 0 Å². The first kappa shape index (κ1) is 15.6. The Morgan fingerprint density at radius 2 is 1.81 bits per heavy atom. The van der Waals surface area contributed by atoms with Crippen molar-refractivity contribution in [2.24, 2.45) is 5.92 Å². The Kier molecular flexibility index (Phi) is 5.14. The molecule has 0 bridgehead atoms. The predicted octanol–water partition coefficient (Wildman–Crippen LogP) is 1.06. The Hall–Kier alpha value is -0.240. The summed E-state index contributed by atoms with van der Waals surface area (Å²) in [7, 11) is 3.18. The summed E-state index contributed by atoms with van der Waals surface area (Å²) in [6.07, 6.45) is 3.33. The van der Waals surface area contributed by atoms with Crippen molar-refractivity contribution < 1.29 is 28.8 Å². The molecule has 0 spiro atoms. The van der Waals surface area contributed by atoms with Gasteiger partial charge in [-0.15, -0.1) is 0 Å². The minimum absolute atomic E-state index is 0.237. The Morgan fingerprint density at radius 1 is 1.05 bits per heavy atom. The molecule has 2 aliphatic heterocycles. The van der Waals surface area contributed by atoms with E-state index in [9.17, 15) is 5.11 Å². The van der Waals surface area contributed by atoms with Crippen LogP contribution in [-0.2, 0) is 23.7 Å². The molecule has 122 valence electrons. The summed E-state index contributed by atoms with van der Waals surface area (Å²) in [5, 5.41) is 10.4. The predicted molar refractivity (Wildman–Crippen MR) is 73.7 cm³/mol. The highest BCUT2D eigenvalue weighted by molar-refractivity contribution is 4.95. The van der Waals surface area contributed by atoms with Crippen LogP contribution in [0.1, 0.15) is 32.1 Å². The van der Waals surface area contributed by atoms with E-state index >= 15 is 0 Å². The molecule has 0 amide bonds. The molecule has 0 radical (unpaired) electrons. The average molecular weight is 302 g/mol. The molecule has 3 fully saturated rings. The summed E-state index contributed by atoms with van der Waals surface area (Å²) in [5.41, 5.74) is 0. The first-order valence-corrected chi connectivity index (χ1v) is 7.90. The lowest BCUT2D eigenvalue weighted by molar-refractivity contribution is -0.209. The molecule has 1 aliphatic carbocycles. The van der Waals surface area contributed by atoms with Crippen molar-refractivity contribution in [3.63, 3.8) is 0 Å². The van der Waals surface area contributed by atoms with Crippen LogP contribution in [-0.4, -0.2) is 62.9 Å². The van der Waals surface area contributed by atoms with Crippen molar-refractivity contribution in [2.75, 3.05) is 20.8 Å². The highest BCUT2D eigenvalue weighted by atomic mass is 16.8. The minimum atomic E-state index is -0.747. The third-order valence-electron chi connectivity index (χ3n) is 4.83. The smallest absolute Gasteiger partial charge is 0.190 e. The number of hydrogen-bond donors (Lipinski definition) is 1. The summed E-state index contributed by atoms with van der Waals surface area (Å²) < 4.78 is 28.1. The lowest BCUT2D eigenvalue weighted by Crippen LogP contribution is -2.43. The van der Waals surface area contributed by atoms with Crippen LogP contribution < -0.4 is 0 Å². The van der Waals surface area contributed by atoms with Gasteiger partial charge in [-0.3, -0.25) is 0 Å². The van der Waals surface area contributed by atoms with Crippen LogP contribution in [0.25, 0.3) is 0 Å². The zero-order valence-electron chi connectivity index (χ0n) is 12.8. The summed E-state index contributed by atoms with van der Waals surface area (Å²) in [6.45, 7) is 0.365. The molecule has 3 rings (SSSR count). The van der Waals surface area contributed by atoms with Gasteiger partial charge in [0.25, 0.3) is 0 Å². The van der Waals surface area contributed by atoms with Crippen LogP contribution in [0.5, 0.6) is 0 Å². The maximum Gasteiger partial charge on any atom is 0.190 e. The van der Waals surface area contributed by atoms with Gasteiger partial charge >= 0.3 is 0 Å². The summed E-state index contributed by atoms with van der Waals surface area (Å²) in [5.74, 6) is 0.427. The lowest BCUT2D eigenvalue weighted by Gasteiger charge is -2.29. The van der Waals surface area contributed by atoms with Gasteiger partial charge in [-0.1, -0.05) is 19.3 Å². The maximum absolute atomic E-state index is 10.4. The first-order valence-electron chi connectivity index (χ1n) is 7.90. The molecule has 0 aromatic carbocycles. The van der Waals surface area contributed by atoms with Gasteiger partial charge < -0.3 is 28.8 Å². The molecule has 21 heavy (non-hydrogen) atoms. The largest absolute Gasteiger partial charge is 0.387 e. The third-order valence-corrected chi connectivity index (χ3v) is 4.83. The maximum atomic E-state index is 10.4. The van der Waals surface area contributed by atoms with E-state index in [0.29, 0.717) is 12.5 Å². The van der Waals surface area contributed by atoms with Gasteiger partial charge in [0.1, 0.15) is 24.4 Å². The topological polar surface area (TPSA) is 66.4 Å². The molecule has 0 aromatic heterocycles. The quantitative estimate of drug-likeness (QED) is 0.819.